The molecule has 0 bridgehead atoms. The third-order valence-corrected chi connectivity index (χ3v) is 5.00. The zero-order valence-electron chi connectivity index (χ0n) is 16.3. The number of carbonyl (C=O) groups is 1. The van der Waals surface area contributed by atoms with Gasteiger partial charge in [-0.2, -0.15) is 10.4 Å². The van der Waals surface area contributed by atoms with Crippen LogP contribution in [0.15, 0.2) is 65.8 Å². The standard InChI is InChI=1S/C22H17ClN6O2/c23-18-6-4-15(5-7-18)13-28-14-26-20-19(22(28)31)12-27-29(20)9-8-25-21(30)17-3-1-2-16(10-17)11-24/h1-7,10,12,14H,8-9,13H2,(H,25,30). The number of benzene rings is 2. The highest BCUT2D eigenvalue weighted by Gasteiger charge is 2.11. The summed E-state index contributed by atoms with van der Waals surface area (Å²) >= 11 is 5.91. The molecule has 2 aromatic carbocycles. The lowest BCUT2D eigenvalue weighted by molar-refractivity contribution is 0.0952. The summed E-state index contributed by atoms with van der Waals surface area (Å²) in [6, 6.07) is 15.7. The van der Waals surface area contributed by atoms with E-state index in [1.807, 2.05) is 18.2 Å². The van der Waals surface area contributed by atoms with Gasteiger partial charge in [-0.15, -0.1) is 0 Å². The van der Waals surface area contributed by atoms with E-state index in [9.17, 15) is 9.59 Å². The van der Waals surface area contributed by atoms with Gasteiger partial charge in [0, 0.05) is 17.1 Å². The van der Waals surface area contributed by atoms with Crippen LogP contribution in [0.3, 0.4) is 0 Å². The Labute approximate surface area is 182 Å². The van der Waals surface area contributed by atoms with E-state index < -0.39 is 0 Å². The maximum atomic E-state index is 12.8. The Kier molecular flexibility index (Phi) is 5.78. The molecule has 0 aliphatic carbocycles. The quantitative estimate of drug-likeness (QED) is 0.504. The number of amides is 1. The minimum atomic E-state index is -0.285. The van der Waals surface area contributed by atoms with Gasteiger partial charge in [-0.3, -0.25) is 14.2 Å². The second kappa shape index (κ2) is 8.81. The van der Waals surface area contributed by atoms with E-state index in [0.717, 1.165) is 5.56 Å². The van der Waals surface area contributed by atoms with Crippen molar-refractivity contribution in [3.05, 3.63) is 93.1 Å². The third kappa shape index (κ3) is 4.47. The van der Waals surface area contributed by atoms with Crippen LogP contribution in [-0.4, -0.2) is 31.8 Å². The molecule has 0 aliphatic rings. The summed E-state index contributed by atoms with van der Waals surface area (Å²) in [5.41, 5.74) is 2.03. The zero-order valence-corrected chi connectivity index (χ0v) is 17.1. The topological polar surface area (TPSA) is 106 Å². The van der Waals surface area contributed by atoms with Crippen LogP contribution in [0.25, 0.3) is 11.0 Å². The fourth-order valence-corrected chi connectivity index (χ4v) is 3.29. The van der Waals surface area contributed by atoms with E-state index in [1.54, 1.807) is 35.0 Å². The molecule has 0 saturated carbocycles. The Morgan fingerprint density at radius 3 is 2.77 bits per heavy atom. The fourth-order valence-electron chi connectivity index (χ4n) is 3.17. The first kappa shape index (κ1) is 20.3. The van der Waals surface area contributed by atoms with Gasteiger partial charge in [0.15, 0.2) is 5.65 Å². The van der Waals surface area contributed by atoms with Crippen molar-refractivity contribution in [3.63, 3.8) is 0 Å². The Morgan fingerprint density at radius 2 is 2.00 bits per heavy atom. The van der Waals surface area contributed by atoms with Crippen LogP contribution in [0.4, 0.5) is 0 Å². The molecule has 2 heterocycles. The molecule has 0 spiro atoms. The van der Waals surface area contributed by atoms with Crippen LogP contribution in [0.1, 0.15) is 21.5 Å². The second-order valence-electron chi connectivity index (χ2n) is 6.86. The van der Waals surface area contributed by atoms with Gasteiger partial charge in [0.2, 0.25) is 0 Å². The van der Waals surface area contributed by atoms with Crippen molar-refractivity contribution in [2.24, 2.45) is 0 Å². The molecule has 4 rings (SSSR count). The van der Waals surface area contributed by atoms with E-state index in [-0.39, 0.29) is 11.5 Å². The summed E-state index contributed by atoms with van der Waals surface area (Å²) in [6.07, 6.45) is 2.98. The maximum absolute atomic E-state index is 12.8. The third-order valence-electron chi connectivity index (χ3n) is 4.75. The molecular formula is C22H17ClN6O2. The van der Waals surface area contributed by atoms with Crippen LogP contribution < -0.4 is 10.9 Å². The van der Waals surface area contributed by atoms with Crippen molar-refractivity contribution in [2.75, 3.05) is 6.54 Å². The molecule has 2 aromatic heterocycles. The highest BCUT2D eigenvalue weighted by molar-refractivity contribution is 6.30. The van der Waals surface area contributed by atoms with Crippen molar-refractivity contribution in [3.8, 4) is 6.07 Å². The molecule has 8 nitrogen and oxygen atoms in total. The number of aromatic nitrogens is 4. The van der Waals surface area contributed by atoms with E-state index in [2.05, 4.69) is 15.4 Å². The Balaban J connectivity index is 1.45. The number of carbonyl (C=O) groups excluding carboxylic acids is 1. The number of hydrogen-bond acceptors (Lipinski definition) is 5. The molecule has 1 N–H and O–H groups in total. The fraction of sp³-hybridized carbons (Fsp3) is 0.136. The van der Waals surface area contributed by atoms with Gasteiger partial charge >= 0.3 is 0 Å². The molecule has 31 heavy (non-hydrogen) atoms. The average molecular weight is 433 g/mol. The van der Waals surface area contributed by atoms with Crippen LogP contribution in [-0.2, 0) is 13.1 Å². The number of nitriles is 1. The van der Waals surface area contributed by atoms with Crippen molar-refractivity contribution < 1.29 is 4.79 Å². The lowest BCUT2D eigenvalue weighted by atomic mass is 10.1. The second-order valence-corrected chi connectivity index (χ2v) is 7.29. The van der Waals surface area contributed by atoms with Crippen LogP contribution in [0, 0.1) is 11.3 Å². The number of hydrogen-bond donors (Lipinski definition) is 1. The van der Waals surface area contributed by atoms with Crippen molar-refractivity contribution >= 4 is 28.5 Å². The number of rotatable bonds is 6. The lowest BCUT2D eigenvalue weighted by Crippen LogP contribution is -2.27. The zero-order chi connectivity index (χ0) is 21.8. The highest BCUT2D eigenvalue weighted by atomic mass is 35.5. The van der Waals surface area contributed by atoms with E-state index in [1.165, 1.54) is 23.2 Å². The first-order valence-electron chi connectivity index (χ1n) is 9.49. The number of fused-ring (bicyclic) bond motifs is 1. The first-order chi connectivity index (χ1) is 15.0. The molecule has 0 fully saturated rings. The van der Waals surface area contributed by atoms with E-state index in [4.69, 9.17) is 16.9 Å². The highest BCUT2D eigenvalue weighted by Crippen LogP contribution is 2.11. The smallest absolute Gasteiger partial charge is 0.264 e. The molecule has 4 aromatic rings. The van der Waals surface area contributed by atoms with Crippen LogP contribution >= 0.6 is 11.6 Å². The number of nitrogens with zero attached hydrogens (tertiary/aromatic N) is 5. The molecular weight excluding hydrogens is 416 g/mol. The predicted octanol–water partition coefficient (Wildman–Crippen LogP) is 2.60. The van der Waals surface area contributed by atoms with Crippen molar-refractivity contribution in [1.82, 2.24) is 24.6 Å². The molecule has 1 amide bonds. The summed E-state index contributed by atoms with van der Waals surface area (Å²) in [5, 5.41) is 17.0. The normalized spacial score (nSPS) is 10.7. The lowest BCUT2D eigenvalue weighted by Gasteiger charge is -2.08. The Hall–Kier alpha value is -3.96. The molecule has 0 atom stereocenters. The van der Waals surface area contributed by atoms with Gasteiger partial charge in [-0.25, -0.2) is 9.67 Å². The first-order valence-corrected chi connectivity index (χ1v) is 9.87. The van der Waals surface area contributed by atoms with Gasteiger partial charge < -0.3 is 5.32 Å². The molecule has 0 saturated heterocycles. The number of halogens is 1. The summed E-state index contributed by atoms with van der Waals surface area (Å²) in [5.74, 6) is -0.285. The molecule has 154 valence electrons. The largest absolute Gasteiger partial charge is 0.350 e. The number of nitrogens with one attached hydrogen (secondary N) is 1. The Morgan fingerprint density at radius 1 is 1.19 bits per heavy atom. The summed E-state index contributed by atoms with van der Waals surface area (Å²) in [4.78, 5) is 29.4. The van der Waals surface area contributed by atoms with E-state index in [0.29, 0.717) is 46.8 Å². The molecule has 0 radical (unpaired) electrons. The average Bonchev–Trinajstić information content (AvgIpc) is 3.21. The van der Waals surface area contributed by atoms with Crippen molar-refractivity contribution in [1.29, 1.82) is 5.26 Å². The molecule has 0 unspecified atom stereocenters. The van der Waals surface area contributed by atoms with Gasteiger partial charge in [0.05, 0.1) is 30.9 Å². The molecule has 9 heteroatoms. The van der Waals surface area contributed by atoms with E-state index >= 15 is 0 Å². The summed E-state index contributed by atoms with van der Waals surface area (Å²) < 4.78 is 3.09. The molecule has 0 aliphatic heterocycles. The van der Waals surface area contributed by atoms with Gasteiger partial charge in [0.1, 0.15) is 11.7 Å². The van der Waals surface area contributed by atoms with Crippen LogP contribution in [0.2, 0.25) is 5.02 Å². The van der Waals surface area contributed by atoms with Gasteiger partial charge in [0.25, 0.3) is 11.5 Å². The minimum absolute atomic E-state index is 0.191. The summed E-state index contributed by atoms with van der Waals surface area (Å²) in [6.45, 7) is 1.02. The van der Waals surface area contributed by atoms with Crippen LogP contribution in [0.5, 0.6) is 0 Å². The maximum Gasteiger partial charge on any atom is 0.264 e. The summed E-state index contributed by atoms with van der Waals surface area (Å²) in [7, 11) is 0. The Bertz CT molecular complexity index is 1350. The minimum Gasteiger partial charge on any atom is -0.350 e. The van der Waals surface area contributed by atoms with Crippen molar-refractivity contribution in [2.45, 2.75) is 13.1 Å². The van der Waals surface area contributed by atoms with Gasteiger partial charge in [-0.1, -0.05) is 29.8 Å². The van der Waals surface area contributed by atoms with Gasteiger partial charge in [-0.05, 0) is 35.9 Å². The monoisotopic (exact) mass is 432 g/mol. The SMILES string of the molecule is N#Cc1cccc(C(=O)NCCn2ncc3c(=O)n(Cc4ccc(Cl)cc4)cnc32)c1. The predicted molar refractivity (Wildman–Crippen MR) is 116 cm³/mol.